The van der Waals surface area contributed by atoms with Crippen LogP contribution < -0.4 is 31.8 Å². The third-order valence-electron chi connectivity index (χ3n) is 10.9. The summed E-state index contributed by atoms with van der Waals surface area (Å²) < 4.78 is 2.19. The standard InChI is InChI=1S/C50H42Br2P2/c51-41-31-33-49(39(35-41)37-53(43-19-7-1-8-20-43,44-21-9-2-10-22-44)45-23-11-3-12-24-45)50-34-32-42(52)36-40(50)38-54(46-25-13-4-14-26-46,47-27-15-5-16-28-47)48-29-17-6-18-30-48/h1-36,53-54H,37-38H2. The Morgan fingerprint density at radius 3 is 0.722 bits per heavy atom. The minimum atomic E-state index is -2.61. The summed E-state index contributed by atoms with van der Waals surface area (Å²) in [5.74, 6) is 0. The van der Waals surface area contributed by atoms with Gasteiger partial charge in [-0.3, -0.25) is 0 Å². The third-order valence-corrected chi connectivity index (χ3v) is 21.7. The molecule has 8 rings (SSSR count). The summed E-state index contributed by atoms with van der Waals surface area (Å²) in [7, 11) is -5.21. The fourth-order valence-electron chi connectivity index (χ4n) is 8.46. The molecule has 0 bridgehead atoms. The second-order valence-corrected chi connectivity index (χ2v) is 23.6. The summed E-state index contributed by atoms with van der Waals surface area (Å²) in [6, 6.07) is 81.5. The molecule has 266 valence electrons. The molecule has 0 saturated heterocycles. The van der Waals surface area contributed by atoms with Gasteiger partial charge < -0.3 is 0 Å². The van der Waals surface area contributed by atoms with Crippen LogP contribution in [-0.4, -0.2) is 0 Å². The van der Waals surface area contributed by atoms with Crippen molar-refractivity contribution in [3.63, 3.8) is 0 Å². The Bertz CT molecular complexity index is 2070. The molecule has 0 N–H and O–H groups in total. The van der Waals surface area contributed by atoms with Crippen molar-refractivity contribution in [2.45, 2.75) is 12.3 Å². The van der Waals surface area contributed by atoms with Gasteiger partial charge in [0, 0.05) is 0 Å². The van der Waals surface area contributed by atoms with Gasteiger partial charge in [0.15, 0.2) is 0 Å². The maximum absolute atomic E-state index is 3.93. The average molecular weight is 865 g/mol. The van der Waals surface area contributed by atoms with Crippen LogP contribution in [0.1, 0.15) is 11.1 Å². The molecule has 0 spiro atoms. The number of hydrogen-bond donors (Lipinski definition) is 0. The van der Waals surface area contributed by atoms with Crippen molar-refractivity contribution in [2.75, 3.05) is 0 Å². The van der Waals surface area contributed by atoms with Crippen LogP contribution in [0.5, 0.6) is 0 Å². The van der Waals surface area contributed by atoms with E-state index in [-0.39, 0.29) is 0 Å². The molecule has 0 heterocycles. The van der Waals surface area contributed by atoms with E-state index in [1.165, 1.54) is 54.1 Å². The first-order valence-electron chi connectivity index (χ1n) is 18.5. The molecule has 0 atom stereocenters. The van der Waals surface area contributed by atoms with E-state index in [0.717, 1.165) is 21.3 Å². The van der Waals surface area contributed by atoms with Gasteiger partial charge in [0.2, 0.25) is 0 Å². The summed E-state index contributed by atoms with van der Waals surface area (Å²) in [4.78, 5) is 0. The van der Waals surface area contributed by atoms with Gasteiger partial charge in [0.25, 0.3) is 0 Å². The Kier molecular flexibility index (Phi) is 11.2. The molecule has 54 heavy (non-hydrogen) atoms. The SMILES string of the molecule is Brc1ccc(-c2ccc(Br)cc2C[PH](c2ccccc2)(c2ccccc2)c2ccccc2)c(C[PH](c2ccccc2)(c2ccccc2)c2ccccc2)c1. The third kappa shape index (κ3) is 7.22. The number of benzene rings is 8. The first-order chi connectivity index (χ1) is 26.6. The van der Waals surface area contributed by atoms with Crippen LogP contribution in [0.25, 0.3) is 11.1 Å². The van der Waals surface area contributed by atoms with Crippen molar-refractivity contribution in [3.8, 4) is 11.1 Å². The van der Waals surface area contributed by atoms with Crippen LogP contribution in [0.15, 0.2) is 227 Å². The zero-order chi connectivity index (χ0) is 36.8. The van der Waals surface area contributed by atoms with Gasteiger partial charge in [-0.05, 0) is 0 Å². The first-order valence-corrected chi connectivity index (χ1v) is 24.5. The summed E-state index contributed by atoms with van der Waals surface area (Å²) in [5, 5.41) is 8.46. The molecule has 0 saturated carbocycles. The molecular formula is C50H42Br2P2. The maximum atomic E-state index is 3.93. The Morgan fingerprint density at radius 1 is 0.278 bits per heavy atom. The molecule has 0 nitrogen and oxygen atoms in total. The monoisotopic (exact) mass is 862 g/mol. The topological polar surface area (TPSA) is 0 Å². The van der Waals surface area contributed by atoms with Crippen molar-refractivity contribution in [2.24, 2.45) is 0 Å². The molecule has 8 aromatic carbocycles. The zero-order valence-electron chi connectivity index (χ0n) is 30.0. The Hall–Kier alpha value is -4.42. The fourth-order valence-corrected chi connectivity index (χ4v) is 18.8. The Morgan fingerprint density at radius 2 is 0.500 bits per heavy atom. The quantitative estimate of drug-likeness (QED) is 0.114. The second kappa shape index (κ2) is 16.5. The molecule has 0 fully saturated rings. The van der Waals surface area contributed by atoms with Crippen molar-refractivity contribution in [3.05, 3.63) is 238 Å². The predicted molar refractivity (Wildman–Crippen MR) is 248 cm³/mol. The van der Waals surface area contributed by atoms with Gasteiger partial charge in [-0.25, -0.2) is 0 Å². The Balaban J connectivity index is 1.37. The zero-order valence-corrected chi connectivity index (χ0v) is 35.1. The molecule has 0 aliphatic heterocycles. The molecule has 0 aliphatic rings. The number of halogens is 2. The molecule has 0 radical (unpaired) electrons. The first kappa shape index (κ1) is 36.6. The van der Waals surface area contributed by atoms with E-state index in [4.69, 9.17) is 0 Å². The van der Waals surface area contributed by atoms with Gasteiger partial charge in [-0.1, -0.05) is 0 Å². The average Bonchev–Trinajstić information content (AvgIpc) is 3.24. The number of hydrogen-bond acceptors (Lipinski definition) is 0. The van der Waals surface area contributed by atoms with Crippen molar-refractivity contribution < 1.29 is 0 Å². The molecule has 4 heteroatoms. The van der Waals surface area contributed by atoms with Gasteiger partial charge in [0.1, 0.15) is 0 Å². The summed E-state index contributed by atoms with van der Waals surface area (Å²) >= 11 is 7.86. The van der Waals surface area contributed by atoms with Crippen LogP contribution in [0.4, 0.5) is 0 Å². The summed E-state index contributed by atoms with van der Waals surface area (Å²) in [5.41, 5.74) is 5.28. The van der Waals surface area contributed by atoms with Crippen molar-refractivity contribution >= 4 is 78.2 Å². The van der Waals surface area contributed by atoms with Crippen LogP contribution in [-0.2, 0) is 12.3 Å². The molecule has 8 aromatic rings. The summed E-state index contributed by atoms with van der Waals surface area (Å²) in [6.45, 7) is 0. The molecule has 0 amide bonds. The normalized spacial score (nSPS) is 12.3. The summed E-state index contributed by atoms with van der Waals surface area (Å²) in [6.07, 6.45) is 1.82. The van der Waals surface area contributed by atoms with E-state index in [1.807, 2.05) is 0 Å². The van der Waals surface area contributed by atoms with Gasteiger partial charge in [-0.15, -0.1) is 0 Å². The van der Waals surface area contributed by atoms with Crippen LogP contribution >= 0.6 is 46.4 Å². The molecule has 0 aromatic heterocycles. The molecule has 0 aliphatic carbocycles. The van der Waals surface area contributed by atoms with Crippen LogP contribution in [0.3, 0.4) is 0 Å². The van der Waals surface area contributed by atoms with Gasteiger partial charge in [-0.2, -0.15) is 0 Å². The van der Waals surface area contributed by atoms with E-state index in [1.54, 1.807) is 0 Å². The second-order valence-electron chi connectivity index (χ2n) is 14.0. The van der Waals surface area contributed by atoms with E-state index in [9.17, 15) is 0 Å². The van der Waals surface area contributed by atoms with Crippen molar-refractivity contribution in [1.29, 1.82) is 0 Å². The molecule has 0 unspecified atom stereocenters. The van der Waals surface area contributed by atoms with E-state index >= 15 is 0 Å². The molecular weight excluding hydrogens is 822 g/mol. The predicted octanol–water partition coefficient (Wildman–Crippen LogP) is 11.3. The van der Waals surface area contributed by atoms with Crippen LogP contribution in [0, 0.1) is 0 Å². The van der Waals surface area contributed by atoms with Crippen LogP contribution in [0.2, 0.25) is 0 Å². The fraction of sp³-hybridized carbons (Fsp3) is 0.0400. The van der Waals surface area contributed by atoms with E-state index < -0.39 is 14.5 Å². The number of rotatable bonds is 11. The Labute approximate surface area is 337 Å². The van der Waals surface area contributed by atoms with Gasteiger partial charge >= 0.3 is 340 Å². The van der Waals surface area contributed by atoms with E-state index in [2.05, 4.69) is 250 Å². The van der Waals surface area contributed by atoms with Crippen molar-refractivity contribution in [1.82, 2.24) is 0 Å². The van der Waals surface area contributed by atoms with E-state index in [0.29, 0.717) is 0 Å². The van der Waals surface area contributed by atoms with Gasteiger partial charge in [0.05, 0.1) is 0 Å². The minimum absolute atomic E-state index is 0.911.